The van der Waals surface area contributed by atoms with Crippen LogP contribution >= 0.6 is 21.6 Å². The highest BCUT2D eigenvalue weighted by Gasteiger charge is 2.37. The largest absolute Gasteiger partial charge is 0.504 e. The molecule has 1 spiro atoms. The van der Waals surface area contributed by atoms with E-state index in [9.17, 15) is 14.7 Å². The first-order valence-electron chi connectivity index (χ1n) is 13.5. The highest BCUT2D eigenvalue weighted by Crippen LogP contribution is 2.54. The van der Waals surface area contributed by atoms with Gasteiger partial charge in [0.25, 0.3) is 0 Å². The number of anilines is 1. The van der Waals surface area contributed by atoms with Gasteiger partial charge in [-0.05, 0) is 72.6 Å². The Morgan fingerprint density at radius 1 is 1.13 bits per heavy atom. The van der Waals surface area contributed by atoms with Gasteiger partial charge in [0.05, 0.1) is 18.3 Å². The number of aromatic nitrogens is 1. The van der Waals surface area contributed by atoms with Crippen molar-refractivity contribution in [2.75, 3.05) is 18.6 Å². The second-order valence-electron chi connectivity index (χ2n) is 10.4. The minimum atomic E-state index is -0.220. The molecule has 1 fully saturated rings. The van der Waals surface area contributed by atoms with E-state index in [-0.39, 0.29) is 28.5 Å². The van der Waals surface area contributed by atoms with Gasteiger partial charge in [0.1, 0.15) is 11.6 Å². The third-order valence-corrected chi connectivity index (χ3v) is 11.1. The summed E-state index contributed by atoms with van der Waals surface area (Å²) in [7, 11) is 5.31. The summed E-state index contributed by atoms with van der Waals surface area (Å²) in [4.78, 5) is 29.8. The minimum Gasteiger partial charge on any atom is -0.504 e. The second kappa shape index (κ2) is 13.1. The first kappa shape index (κ1) is 28.6. The van der Waals surface area contributed by atoms with E-state index in [0.29, 0.717) is 30.3 Å². The summed E-state index contributed by atoms with van der Waals surface area (Å²) in [5.41, 5.74) is 10.2. The van der Waals surface area contributed by atoms with Crippen molar-refractivity contribution in [3.05, 3.63) is 52.7 Å². The lowest BCUT2D eigenvalue weighted by molar-refractivity contribution is -0.124. The average molecular weight is 555 g/mol. The topological polar surface area (TPSA) is 103 Å². The number of pyridine rings is 1. The Hall–Kier alpha value is -2.45. The molecule has 1 atom stereocenters. The summed E-state index contributed by atoms with van der Waals surface area (Å²) in [5.74, 6) is 2.10. The van der Waals surface area contributed by atoms with Crippen LogP contribution in [0, 0.1) is 5.92 Å². The van der Waals surface area contributed by atoms with E-state index in [1.165, 1.54) is 19.6 Å². The first-order valence-corrected chi connectivity index (χ1v) is 15.8. The number of hydrogen-bond donors (Lipinski definition) is 2. The Bertz CT molecular complexity index is 1190. The standard InChI is InChI=1S/C30H38N2O4S2/c1-3-20-7-9-24(33)17-25(34)10-8-22-16-28(36-2)27(35)15-23(22)13-21-14-26(29(31)32-18-21)30(38-37-19-20)11-5-4-6-12-30/h8,10,14-16,18,20,35H,3-7,9,11-13,17,19H2,1-2H3,(H2,31,32)/b10-8+/t20-/m0/s1. The second-order valence-corrected chi connectivity index (χ2v) is 13.2. The van der Waals surface area contributed by atoms with E-state index < -0.39 is 0 Å². The summed E-state index contributed by atoms with van der Waals surface area (Å²) in [6, 6.07) is 5.59. The van der Waals surface area contributed by atoms with E-state index in [0.717, 1.165) is 66.5 Å². The normalized spacial score (nSPS) is 21.8. The Morgan fingerprint density at radius 3 is 2.66 bits per heavy atom. The SMILES string of the molecule is CC[C@H]1CCC(=O)CC(=O)/C=C/c2cc(OC)c(O)cc2Cc2cnc(N)c(c2)C2(CCCCC2)SSC1. The highest BCUT2D eigenvalue weighted by atomic mass is 33.1. The minimum absolute atomic E-state index is 0.0158. The lowest BCUT2D eigenvalue weighted by Gasteiger charge is -2.37. The lowest BCUT2D eigenvalue weighted by atomic mass is 9.82. The summed E-state index contributed by atoms with van der Waals surface area (Å²) in [5, 5.41) is 10.5. The molecule has 1 saturated carbocycles. The number of rotatable bonds is 2. The van der Waals surface area contributed by atoms with Crippen molar-refractivity contribution in [1.82, 2.24) is 4.98 Å². The van der Waals surface area contributed by atoms with Gasteiger partial charge in [0.15, 0.2) is 17.3 Å². The van der Waals surface area contributed by atoms with Gasteiger partial charge >= 0.3 is 0 Å². The zero-order valence-corrected chi connectivity index (χ0v) is 24.0. The van der Waals surface area contributed by atoms with Crippen molar-refractivity contribution in [2.45, 2.75) is 75.9 Å². The molecular weight excluding hydrogens is 516 g/mol. The maximum atomic E-state index is 12.6. The van der Waals surface area contributed by atoms with E-state index in [1.54, 1.807) is 24.4 Å². The van der Waals surface area contributed by atoms with E-state index in [2.05, 4.69) is 18.0 Å². The molecule has 1 aliphatic heterocycles. The fourth-order valence-corrected chi connectivity index (χ4v) is 9.18. The number of benzene rings is 1. The lowest BCUT2D eigenvalue weighted by Crippen LogP contribution is -2.26. The number of fused-ring (bicyclic) bond motifs is 4. The van der Waals surface area contributed by atoms with E-state index in [1.807, 2.05) is 21.6 Å². The average Bonchev–Trinajstić information content (AvgIpc) is 2.91. The Morgan fingerprint density at radius 2 is 1.92 bits per heavy atom. The number of phenolic OH excluding ortho intramolecular Hbond substituents is 1. The molecule has 8 heteroatoms. The van der Waals surface area contributed by atoms with Gasteiger partial charge in [0, 0.05) is 23.9 Å². The number of allylic oxidation sites excluding steroid dienone is 1. The summed E-state index contributed by atoms with van der Waals surface area (Å²) >= 11 is 0. The molecule has 6 nitrogen and oxygen atoms in total. The van der Waals surface area contributed by atoms with Gasteiger partial charge in [-0.25, -0.2) is 4.98 Å². The van der Waals surface area contributed by atoms with Gasteiger partial charge < -0.3 is 15.6 Å². The van der Waals surface area contributed by atoms with Crippen molar-refractivity contribution in [1.29, 1.82) is 0 Å². The number of aromatic hydroxyl groups is 1. The quantitative estimate of drug-likeness (QED) is 0.306. The van der Waals surface area contributed by atoms with Crippen molar-refractivity contribution in [3.8, 4) is 11.5 Å². The molecule has 0 radical (unpaired) electrons. The van der Waals surface area contributed by atoms with Crippen LogP contribution in [0.1, 0.15) is 87.0 Å². The molecule has 2 heterocycles. The number of phenols is 1. The third-order valence-electron chi connectivity index (χ3n) is 7.71. The molecule has 204 valence electrons. The molecule has 0 unspecified atom stereocenters. The highest BCUT2D eigenvalue weighted by molar-refractivity contribution is 8.77. The molecule has 1 aromatic heterocycles. The van der Waals surface area contributed by atoms with Crippen LogP contribution < -0.4 is 10.5 Å². The van der Waals surface area contributed by atoms with Crippen LogP contribution in [-0.2, 0) is 20.8 Å². The summed E-state index contributed by atoms with van der Waals surface area (Å²) in [6.45, 7) is 2.17. The molecule has 0 amide bonds. The maximum Gasteiger partial charge on any atom is 0.163 e. The molecule has 1 aromatic carbocycles. The van der Waals surface area contributed by atoms with Crippen LogP contribution in [0.5, 0.6) is 11.5 Å². The van der Waals surface area contributed by atoms with Crippen molar-refractivity contribution in [2.24, 2.45) is 5.92 Å². The zero-order valence-electron chi connectivity index (χ0n) is 22.3. The molecular formula is C30H38N2O4S2. The molecule has 3 N–H and O–H groups in total. The molecule has 2 aromatic rings. The Kier molecular flexibility index (Phi) is 9.82. The fraction of sp³-hybridized carbons (Fsp3) is 0.500. The van der Waals surface area contributed by atoms with Gasteiger partial charge in [0.2, 0.25) is 0 Å². The zero-order chi connectivity index (χ0) is 27.1. The first-order chi connectivity index (χ1) is 18.3. The number of ether oxygens (including phenoxy) is 1. The van der Waals surface area contributed by atoms with Crippen molar-refractivity contribution < 1.29 is 19.4 Å². The van der Waals surface area contributed by atoms with Gasteiger partial charge in [-0.15, -0.1) is 0 Å². The smallest absolute Gasteiger partial charge is 0.163 e. The molecule has 38 heavy (non-hydrogen) atoms. The van der Waals surface area contributed by atoms with Gasteiger partial charge in [-0.3, -0.25) is 9.59 Å². The number of nitrogens with zero attached hydrogens (tertiary/aromatic N) is 1. The fourth-order valence-electron chi connectivity index (χ4n) is 5.36. The number of methoxy groups -OCH3 is 1. The van der Waals surface area contributed by atoms with Crippen molar-refractivity contribution >= 4 is 45.0 Å². The van der Waals surface area contributed by atoms with Gasteiger partial charge in [-0.1, -0.05) is 60.3 Å². The Labute approximate surface area is 233 Å². The predicted octanol–water partition coefficient (Wildman–Crippen LogP) is 6.87. The number of nitrogens with two attached hydrogens (primary N) is 1. The van der Waals surface area contributed by atoms with Crippen LogP contribution in [-0.4, -0.2) is 34.5 Å². The monoisotopic (exact) mass is 554 g/mol. The molecule has 1 aliphatic carbocycles. The number of nitrogen functional groups attached to an aromatic ring is 1. The molecule has 4 rings (SSSR count). The molecule has 2 bridgehead atoms. The number of Topliss-reactive ketones (excluding diaryl/α,β-unsaturated/α-hetero) is 1. The van der Waals surface area contributed by atoms with Crippen LogP contribution in [0.3, 0.4) is 0 Å². The van der Waals surface area contributed by atoms with Crippen LogP contribution in [0.25, 0.3) is 6.08 Å². The summed E-state index contributed by atoms with van der Waals surface area (Å²) < 4.78 is 5.23. The maximum absolute atomic E-state index is 12.6. The van der Waals surface area contributed by atoms with Crippen LogP contribution in [0.4, 0.5) is 5.82 Å². The van der Waals surface area contributed by atoms with Crippen LogP contribution in [0.2, 0.25) is 0 Å². The van der Waals surface area contributed by atoms with Crippen molar-refractivity contribution in [3.63, 3.8) is 0 Å². The molecule has 0 saturated heterocycles. The molecule has 2 aliphatic rings. The third kappa shape index (κ3) is 6.94. The number of carbonyl (C=O) groups excluding carboxylic acids is 2. The Balaban J connectivity index is 1.77. The van der Waals surface area contributed by atoms with E-state index >= 15 is 0 Å². The van der Waals surface area contributed by atoms with E-state index in [4.69, 9.17) is 10.5 Å². The number of hydrogen-bond acceptors (Lipinski definition) is 8. The number of carbonyl (C=O) groups is 2. The summed E-state index contributed by atoms with van der Waals surface area (Å²) in [6.07, 6.45) is 13.3. The van der Waals surface area contributed by atoms with Gasteiger partial charge in [-0.2, -0.15) is 0 Å². The predicted molar refractivity (Wildman–Crippen MR) is 158 cm³/mol. The number of ketones is 2. The van der Waals surface area contributed by atoms with Crippen LogP contribution in [0.15, 0.2) is 30.5 Å².